The van der Waals surface area contributed by atoms with E-state index in [4.69, 9.17) is 4.74 Å². The predicted octanol–water partition coefficient (Wildman–Crippen LogP) is 6.39. The molecule has 1 N–H and O–H groups in total. The molecule has 30 heavy (non-hydrogen) atoms. The van der Waals surface area contributed by atoms with Crippen molar-refractivity contribution < 1.29 is 9.53 Å². The molecule has 1 unspecified atom stereocenters. The monoisotopic (exact) mass is 402 g/mol. The molecule has 1 amide bonds. The number of nitrogens with zero attached hydrogens (tertiary/aromatic N) is 1. The second kappa shape index (κ2) is 9.21. The Bertz CT molecular complexity index is 1030. The number of rotatable bonds is 8. The van der Waals surface area contributed by atoms with Crippen molar-refractivity contribution in [3.05, 3.63) is 71.8 Å². The highest BCUT2D eigenvalue weighted by Crippen LogP contribution is 2.40. The minimum Gasteiger partial charge on any atom is -0.493 e. The Morgan fingerprint density at radius 1 is 0.933 bits per heavy atom. The van der Waals surface area contributed by atoms with Gasteiger partial charge in [-0.25, -0.2) is 0 Å². The van der Waals surface area contributed by atoms with Crippen LogP contribution in [0, 0.1) is 0 Å². The molecule has 0 aromatic heterocycles. The molecule has 0 radical (unpaired) electrons. The van der Waals surface area contributed by atoms with Gasteiger partial charge in [0.2, 0.25) is 0 Å². The summed E-state index contributed by atoms with van der Waals surface area (Å²) in [6, 6.07) is 20.3. The third-order valence-corrected chi connectivity index (χ3v) is 5.70. The minimum atomic E-state index is -0.264. The van der Waals surface area contributed by atoms with E-state index in [-0.39, 0.29) is 12.1 Å². The Morgan fingerprint density at radius 3 is 2.57 bits per heavy atom. The van der Waals surface area contributed by atoms with Crippen molar-refractivity contribution in [3.63, 3.8) is 0 Å². The number of unbranched alkanes of at least 4 members (excludes halogenated alkanes) is 2. The van der Waals surface area contributed by atoms with Crippen LogP contribution in [0.2, 0.25) is 0 Å². The SMILES string of the molecule is CCCCCOc1ccc2ccccc2c1C1Nc2ccccc2C(=O)N1CCC. The number of hydrogen-bond donors (Lipinski definition) is 1. The van der Waals surface area contributed by atoms with Crippen molar-refractivity contribution in [2.75, 3.05) is 18.5 Å². The second-order valence-corrected chi connectivity index (χ2v) is 7.85. The number of nitrogens with one attached hydrogen (secondary N) is 1. The van der Waals surface area contributed by atoms with Crippen molar-refractivity contribution in [1.29, 1.82) is 0 Å². The highest BCUT2D eigenvalue weighted by Gasteiger charge is 2.34. The van der Waals surface area contributed by atoms with Crippen LogP contribution < -0.4 is 10.1 Å². The first kappa shape index (κ1) is 20.3. The van der Waals surface area contributed by atoms with Gasteiger partial charge in [0.25, 0.3) is 5.91 Å². The average molecular weight is 403 g/mol. The summed E-state index contributed by atoms with van der Waals surface area (Å²) in [6.07, 6.45) is 3.97. The molecule has 0 fully saturated rings. The Hall–Kier alpha value is -3.01. The van der Waals surface area contributed by atoms with Gasteiger partial charge < -0.3 is 15.0 Å². The van der Waals surface area contributed by atoms with E-state index in [1.165, 1.54) is 0 Å². The Balaban J connectivity index is 1.82. The number of carbonyl (C=O) groups excluding carboxylic acids is 1. The van der Waals surface area contributed by atoms with E-state index in [0.29, 0.717) is 13.2 Å². The molecule has 0 saturated carbocycles. The van der Waals surface area contributed by atoms with E-state index < -0.39 is 0 Å². The van der Waals surface area contributed by atoms with Crippen LogP contribution in [0.25, 0.3) is 10.8 Å². The molecule has 0 aliphatic carbocycles. The number of carbonyl (C=O) groups is 1. The minimum absolute atomic E-state index is 0.0704. The lowest BCUT2D eigenvalue weighted by atomic mass is 9.97. The van der Waals surface area contributed by atoms with E-state index in [0.717, 1.165) is 59.0 Å². The molecule has 0 spiro atoms. The molecule has 3 aromatic carbocycles. The van der Waals surface area contributed by atoms with Gasteiger partial charge in [-0.15, -0.1) is 0 Å². The van der Waals surface area contributed by atoms with Gasteiger partial charge in [0.1, 0.15) is 11.9 Å². The van der Waals surface area contributed by atoms with Crippen LogP contribution in [0.1, 0.15) is 61.6 Å². The topological polar surface area (TPSA) is 41.6 Å². The maximum atomic E-state index is 13.4. The molecule has 1 heterocycles. The standard InChI is InChI=1S/C26H30N2O2/c1-3-5-10-18-30-23-16-15-19-11-6-7-12-20(19)24(23)25-27-22-14-9-8-13-21(22)26(29)28(25)17-4-2/h6-9,11-16,25,27H,3-5,10,17-18H2,1-2H3. The zero-order chi connectivity index (χ0) is 20.9. The van der Waals surface area contributed by atoms with Gasteiger partial charge in [-0.3, -0.25) is 4.79 Å². The van der Waals surface area contributed by atoms with E-state index in [9.17, 15) is 4.79 Å². The zero-order valence-electron chi connectivity index (χ0n) is 17.9. The summed E-state index contributed by atoms with van der Waals surface area (Å²) >= 11 is 0. The van der Waals surface area contributed by atoms with Gasteiger partial charge in [0.05, 0.1) is 12.2 Å². The van der Waals surface area contributed by atoms with Crippen LogP contribution in [-0.4, -0.2) is 24.0 Å². The van der Waals surface area contributed by atoms with E-state index >= 15 is 0 Å². The highest BCUT2D eigenvalue weighted by atomic mass is 16.5. The lowest BCUT2D eigenvalue weighted by Crippen LogP contribution is -2.43. The zero-order valence-corrected chi connectivity index (χ0v) is 17.9. The van der Waals surface area contributed by atoms with Crippen LogP contribution in [0.3, 0.4) is 0 Å². The van der Waals surface area contributed by atoms with Crippen molar-refractivity contribution >= 4 is 22.4 Å². The normalized spacial score (nSPS) is 15.7. The predicted molar refractivity (Wildman–Crippen MR) is 123 cm³/mol. The van der Waals surface area contributed by atoms with E-state index in [1.807, 2.05) is 35.2 Å². The van der Waals surface area contributed by atoms with E-state index in [2.05, 4.69) is 49.5 Å². The number of hydrogen-bond acceptors (Lipinski definition) is 3. The summed E-state index contributed by atoms with van der Waals surface area (Å²) in [5.41, 5.74) is 2.65. The number of anilines is 1. The van der Waals surface area contributed by atoms with E-state index in [1.54, 1.807) is 0 Å². The van der Waals surface area contributed by atoms with Crippen LogP contribution in [0.4, 0.5) is 5.69 Å². The molecule has 4 rings (SSSR count). The van der Waals surface area contributed by atoms with Gasteiger partial charge in [-0.05, 0) is 41.8 Å². The smallest absolute Gasteiger partial charge is 0.257 e. The van der Waals surface area contributed by atoms with Crippen LogP contribution >= 0.6 is 0 Å². The largest absolute Gasteiger partial charge is 0.493 e. The quantitative estimate of drug-likeness (QED) is 0.444. The molecule has 3 aromatic rings. The van der Waals surface area contributed by atoms with Crippen molar-refractivity contribution in [2.24, 2.45) is 0 Å². The third kappa shape index (κ3) is 3.87. The molecular weight excluding hydrogens is 372 g/mol. The summed E-state index contributed by atoms with van der Waals surface area (Å²) in [4.78, 5) is 15.3. The molecule has 4 heteroatoms. The highest BCUT2D eigenvalue weighted by molar-refractivity contribution is 6.02. The van der Waals surface area contributed by atoms with Crippen LogP contribution in [-0.2, 0) is 0 Å². The van der Waals surface area contributed by atoms with Crippen LogP contribution in [0.15, 0.2) is 60.7 Å². The Kier molecular flexibility index (Phi) is 6.22. The fraction of sp³-hybridized carbons (Fsp3) is 0.346. The lowest BCUT2D eigenvalue weighted by Gasteiger charge is -2.39. The molecule has 4 nitrogen and oxygen atoms in total. The van der Waals surface area contributed by atoms with Gasteiger partial charge in [-0.2, -0.15) is 0 Å². The Morgan fingerprint density at radius 2 is 1.73 bits per heavy atom. The van der Waals surface area contributed by atoms with Gasteiger partial charge in [0.15, 0.2) is 0 Å². The number of fused-ring (bicyclic) bond motifs is 2. The van der Waals surface area contributed by atoms with Gasteiger partial charge in [-0.1, -0.05) is 69.2 Å². The lowest BCUT2D eigenvalue weighted by molar-refractivity contribution is 0.0682. The Labute approximate surface area is 178 Å². The second-order valence-electron chi connectivity index (χ2n) is 7.85. The third-order valence-electron chi connectivity index (χ3n) is 5.70. The molecule has 1 atom stereocenters. The maximum absolute atomic E-state index is 13.4. The molecule has 1 aliphatic heterocycles. The van der Waals surface area contributed by atoms with Gasteiger partial charge >= 0.3 is 0 Å². The summed E-state index contributed by atoms with van der Waals surface area (Å²) < 4.78 is 6.27. The fourth-order valence-corrected chi connectivity index (χ4v) is 4.21. The average Bonchev–Trinajstić information content (AvgIpc) is 2.78. The fourth-order valence-electron chi connectivity index (χ4n) is 4.21. The summed E-state index contributed by atoms with van der Waals surface area (Å²) in [5, 5.41) is 5.91. The summed E-state index contributed by atoms with van der Waals surface area (Å²) in [6.45, 7) is 5.67. The van der Waals surface area contributed by atoms with Gasteiger partial charge in [0, 0.05) is 17.8 Å². The molecule has 0 bridgehead atoms. The van der Waals surface area contributed by atoms with Crippen molar-refractivity contribution in [1.82, 2.24) is 4.90 Å². The number of ether oxygens (including phenoxy) is 1. The first-order valence-corrected chi connectivity index (χ1v) is 11.1. The van der Waals surface area contributed by atoms with Crippen molar-refractivity contribution in [3.8, 4) is 5.75 Å². The molecule has 156 valence electrons. The van der Waals surface area contributed by atoms with Crippen molar-refractivity contribution in [2.45, 2.75) is 45.7 Å². The molecule has 0 saturated heterocycles. The maximum Gasteiger partial charge on any atom is 0.257 e. The molecular formula is C26H30N2O2. The molecule has 1 aliphatic rings. The number of amides is 1. The van der Waals surface area contributed by atoms with Crippen LogP contribution in [0.5, 0.6) is 5.75 Å². The first-order valence-electron chi connectivity index (χ1n) is 11.1. The first-order chi connectivity index (χ1) is 14.7. The summed E-state index contributed by atoms with van der Waals surface area (Å²) in [7, 11) is 0. The number of para-hydroxylation sites is 1. The number of benzene rings is 3. The summed E-state index contributed by atoms with van der Waals surface area (Å²) in [5.74, 6) is 0.927.